The topological polar surface area (TPSA) is 47.0 Å². The number of halogens is 2. The molecule has 1 aliphatic carbocycles. The van der Waals surface area contributed by atoms with Crippen LogP contribution in [0.25, 0.3) is 0 Å². The van der Waals surface area contributed by atoms with Crippen LogP contribution in [0.3, 0.4) is 0 Å². The second-order valence-corrected chi connectivity index (χ2v) is 5.50. The molecule has 1 aromatic heterocycles. The summed E-state index contributed by atoms with van der Waals surface area (Å²) in [5.74, 6) is -0.0766. The van der Waals surface area contributed by atoms with E-state index in [0.717, 1.165) is 17.8 Å². The average molecular weight is 308 g/mol. The number of hydrogen-bond acceptors (Lipinski definition) is 4. The van der Waals surface area contributed by atoms with Gasteiger partial charge in [-0.15, -0.1) is 0 Å². The Labute approximate surface area is 127 Å². The van der Waals surface area contributed by atoms with E-state index in [2.05, 4.69) is 15.3 Å². The minimum Gasteiger partial charge on any atom is -0.423 e. The highest BCUT2D eigenvalue weighted by atomic mass is 35.5. The predicted molar refractivity (Wildman–Crippen MR) is 78.1 cm³/mol. The molecule has 1 aromatic carbocycles. The third-order valence-electron chi connectivity index (χ3n) is 3.31. The zero-order valence-corrected chi connectivity index (χ0v) is 12.3. The molecular weight excluding hydrogens is 293 g/mol. The number of hydrogen-bond donors (Lipinski definition) is 1. The van der Waals surface area contributed by atoms with Crippen LogP contribution in [0.4, 0.5) is 4.39 Å². The van der Waals surface area contributed by atoms with Crippen LogP contribution in [0.1, 0.15) is 24.1 Å². The number of rotatable bonds is 5. The maximum Gasteiger partial charge on any atom is 0.322 e. The largest absolute Gasteiger partial charge is 0.423 e. The number of aryl methyl sites for hydroxylation is 1. The van der Waals surface area contributed by atoms with Crippen LogP contribution in [-0.2, 0) is 6.54 Å². The Balaban J connectivity index is 1.71. The van der Waals surface area contributed by atoms with Crippen molar-refractivity contribution in [3.8, 4) is 11.8 Å². The second kappa shape index (κ2) is 5.95. The van der Waals surface area contributed by atoms with Crippen LogP contribution in [0.15, 0.2) is 24.4 Å². The van der Waals surface area contributed by atoms with Gasteiger partial charge in [-0.1, -0.05) is 11.6 Å². The third-order valence-corrected chi connectivity index (χ3v) is 3.61. The molecule has 6 heteroatoms. The van der Waals surface area contributed by atoms with Crippen LogP contribution < -0.4 is 10.1 Å². The molecule has 1 fully saturated rings. The molecule has 0 radical (unpaired) electrons. The SMILES string of the molecule is Cc1nc(Oc2ccc(F)cc2Cl)ncc1CNC1CC1. The standard InChI is InChI=1S/C15H15ClFN3O/c1-9-10(7-18-12-3-4-12)8-19-15(20-9)21-14-5-2-11(17)6-13(14)16/h2,5-6,8,12,18H,3-4,7H2,1H3. The molecule has 4 nitrogen and oxygen atoms in total. The lowest BCUT2D eigenvalue weighted by Gasteiger charge is -2.09. The summed E-state index contributed by atoms with van der Waals surface area (Å²) < 4.78 is 18.5. The summed E-state index contributed by atoms with van der Waals surface area (Å²) in [6.07, 6.45) is 4.22. The van der Waals surface area contributed by atoms with Gasteiger partial charge in [0.2, 0.25) is 0 Å². The molecule has 0 unspecified atom stereocenters. The fraction of sp³-hybridized carbons (Fsp3) is 0.333. The lowest BCUT2D eigenvalue weighted by Crippen LogP contribution is -2.16. The molecule has 3 rings (SSSR count). The number of nitrogens with one attached hydrogen (secondary N) is 1. The highest BCUT2D eigenvalue weighted by molar-refractivity contribution is 6.32. The maximum atomic E-state index is 13.0. The number of ether oxygens (including phenoxy) is 1. The molecule has 1 heterocycles. The van der Waals surface area contributed by atoms with E-state index in [-0.39, 0.29) is 11.0 Å². The Morgan fingerprint density at radius 3 is 2.90 bits per heavy atom. The number of aromatic nitrogens is 2. The molecule has 0 atom stereocenters. The lowest BCUT2D eigenvalue weighted by atomic mass is 10.2. The minimum absolute atomic E-state index is 0.190. The summed E-state index contributed by atoms with van der Waals surface area (Å²) >= 11 is 5.91. The van der Waals surface area contributed by atoms with Crippen molar-refractivity contribution in [2.24, 2.45) is 0 Å². The van der Waals surface area contributed by atoms with Crippen molar-refractivity contribution < 1.29 is 9.13 Å². The molecular formula is C15H15ClFN3O. The van der Waals surface area contributed by atoms with Gasteiger partial charge in [0.15, 0.2) is 0 Å². The molecule has 0 spiro atoms. The maximum absolute atomic E-state index is 13.0. The van der Waals surface area contributed by atoms with E-state index in [1.165, 1.54) is 31.0 Å². The fourth-order valence-corrected chi connectivity index (χ4v) is 2.10. The lowest BCUT2D eigenvalue weighted by molar-refractivity contribution is 0.438. The van der Waals surface area contributed by atoms with Gasteiger partial charge in [-0.25, -0.2) is 9.37 Å². The second-order valence-electron chi connectivity index (χ2n) is 5.10. The molecule has 0 bridgehead atoms. The van der Waals surface area contributed by atoms with Gasteiger partial charge in [0.25, 0.3) is 0 Å². The summed E-state index contributed by atoms with van der Waals surface area (Å²) in [6, 6.07) is 4.77. The van der Waals surface area contributed by atoms with E-state index < -0.39 is 5.82 Å². The Hall–Kier alpha value is -1.72. The first kappa shape index (κ1) is 14.2. The van der Waals surface area contributed by atoms with E-state index in [1.807, 2.05) is 6.92 Å². The van der Waals surface area contributed by atoms with E-state index in [9.17, 15) is 4.39 Å². The van der Waals surface area contributed by atoms with Gasteiger partial charge in [-0.3, -0.25) is 0 Å². The summed E-state index contributed by atoms with van der Waals surface area (Å²) in [5, 5.41) is 3.61. The fourth-order valence-electron chi connectivity index (χ4n) is 1.89. The van der Waals surface area contributed by atoms with Crippen LogP contribution >= 0.6 is 11.6 Å². The van der Waals surface area contributed by atoms with E-state index in [1.54, 1.807) is 6.20 Å². The van der Waals surface area contributed by atoms with Crippen LogP contribution in [0.5, 0.6) is 11.8 Å². The van der Waals surface area contributed by atoms with Gasteiger partial charge in [0.05, 0.1) is 5.02 Å². The summed E-state index contributed by atoms with van der Waals surface area (Å²) in [5.41, 5.74) is 1.89. The molecule has 21 heavy (non-hydrogen) atoms. The third kappa shape index (κ3) is 3.68. The Morgan fingerprint density at radius 2 is 2.24 bits per heavy atom. The molecule has 2 aromatic rings. The molecule has 0 saturated heterocycles. The molecule has 1 saturated carbocycles. The van der Waals surface area contributed by atoms with Gasteiger partial charge >= 0.3 is 6.01 Å². The first-order valence-corrected chi connectivity index (χ1v) is 7.18. The molecule has 110 valence electrons. The molecule has 1 N–H and O–H groups in total. The van der Waals surface area contributed by atoms with Gasteiger partial charge in [-0.05, 0) is 38.0 Å². The monoisotopic (exact) mass is 307 g/mol. The van der Waals surface area contributed by atoms with Gasteiger partial charge in [0.1, 0.15) is 11.6 Å². The van der Waals surface area contributed by atoms with Crippen molar-refractivity contribution >= 4 is 11.6 Å². The van der Waals surface area contributed by atoms with Crippen molar-refractivity contribution in [2.75, 3.05) is 0 Å². The summed E-state index contributed by atoms with van der Waals surface area (Å²) in [6.45, 7) is 2.67. The molecule has 0 amide bonds. The quantitative estimate of drug-likeness (QED) is 0.916. The van der Waals surface area contributed by atoms with Crippen LogP contribution in [-0.4, -0.2) is 16.0 Å². The smallest absolute Gasteiger partial charge is 0.322 e. The van der Waals surface area contributed by atoms with Crippen LogP contribution in [0.2, 0.25) is 5.02 Å². The highest BCUT2D eigenvalue weighted by Gasteiger charge is 2.20. The Morgan fingerprint density at radius 1 is 1.43 bits per heavy atom. The molecule has 1 aliphatic rings. The number of benzene rings is 1. The van der Waals surface area contributed by atoms with Crippen molar-refractivity contribution in [3.63, 3.8) is 0 Å². The number of nitrogens with zero attached hydrogens (tertiary/aromatic N) is 2. The average Bonchev–Trinajstić information content (AvgIpc) is 3.25. The zero-order chi connectivity index (χ0) is 14.8. The van der Waals surface area contributed by atoms with E-state index >= 15 is 0 Å². The van der Waals surface area contributed by atoms with Crippen molar-refractivity contribution in [2.45, 2.75) is 32.4 Å². The van der Waals surface area contributed by atoms with Gasteiger partial charge in [0, 0.05) is 30.0 Å². The first-order valence-electron chi connectivity index (χ1n) is 6.80. The summed E-state index contributed by atoms with van der Waals surface area (Å²) in [7, 11) is 0. The predicted octanol–water partition coefficient (Wildman–Crippen LogP) is 3.62. The highest BCUT2D eigenvalue weighted by Crippen LogP contribution is 2.28. The van der Waals surface area contributed by atoms with Gasteiger partial charge < -0.3 is 10.1 Å². The van der Waals surface area contributed by atoms with Crippen LogP contribution in [0, 0.1) is 12.7 Å². The van der Waals surface area contributed by atoms with E-state index in [0.29, 0.717) is 11.8 Å². The minimum atomic E-state index is -0.411. The van der Waals surface area contributed by atoms with E-state index in [4.69, 9.17) is 16.3 Å². The van der Waals surface area contributed by atoms with Crippen molar-refractivity contribution in [3.05, 3.63) is 46.5 Å². The molecule has 0 aliphatic heterocycles. The first-order chi connectivity index (χ1) is 10.1. The van der Waals surface area contributed by atoms with Crippen molar-refractivity contribution in [1.29, 1.82) is 0 Å². The Bertz CT molecular complexity index is 661. The van der Waals surface area contributed by atoms with Crippen molar-refractivity contribution in [1.82, 2.24) is 15.3 Å². The normalized spacial score (nSPS) is 14.2. The zero-order valence-electron chi connectivity index (χ0n) is 11.6. The Kier molecular flexibility index (Phi) is 4.03. The summed E-state index contributed by atoms with van der Waals surface area (Å²) in [4.78, 5) is 8.48. The van der Waals surface area contributed by atoms with Gasteiger partial charge in [-0.2, -0.15) is 4.98 Å².